The number of aryl methyl sites for hydroxylation is 1. The molecule has 0 aromatic heterocycles. The van der Waals surface area contributed by atoms with Gasteiger partial charge >= 0.3 is 0 Å². The number of fused-ring (bicyclic) bond motifs is 5. The van der Waals surface area contributed by atoms with E-state index in [-0.39, 0.29) is 11.5 Å². The van der Waals surface area contributed by atoms with E-state index < -0.39 is 5.60 Å². The Bertz CT molecular complexity index is 731. The molecule has 160 valence electrons. The zero-order valence-corrected chi connectivity index (χ0v) is 18.4. The molecule has 29 heavy (non-hydrogen) atoms. The number of hydrogen-bond acceptors (Lipinski definition) is 2. The molecular formula is C27H40O2. The van der Waals surface area contributed by atoms with Crippen LogP contribution in [-0.2, 0) is 6.42 Å². The molecule has 4 fully saturated rings. The minimum Gasteiger partial charge on any atom is -0.393 e. The van der Waals surface area contributed by atoms with Crippen LogP contribution in [-0.4, -0.2) is 21.9 Å². The molecule has 0 heterocycles. The van der Waals surface area contributed by atoms with Crippen molar-refractivity contribution < 1.29 is 10.2 Å². The Labute approximate surface area is 177 Å². The van der Waals surface area contributed by atoms with Crippen molar-refractivity contribution in [1.29, 1.82) is 0 Å². The summed E-state index contributed by atoms with van der Waals surface area (Å²) in [7, 11) is 0. The van der Waals surface area contributed by atoms with Crippen molar-refractivity contribution in [2.45, 2.75) is 96.2 Å². The zero-order chi connectivity index (χ0) is 20.3. The second-order valence-corrected chi connectivity index (χ2v) is 11.6. The third kappa shape index (κ3) is 3.04. The summed E-state index contributed by atoms with van der Waals surface area (Å²) in [5.74, 6) is 3.00. The highest BCUT2D eigenvalue weighted by Crippen LogP contribution is 2.68. The van der Waals surface area contributed by atoms with Crippen LogP contribution in [0.4, 0.5) is 0 Å². The maximum absolute atomic E-state index is 11.9. The lowest BCUT2D eigenvalue weighted by molar-refractivity contribution is -0.160. The Morgan fingerprint density at radius 2 is 1.66 bits per heavy atom. The minimum absolute atomic E-state index is 0.0620. The van der Waals surface area contributed by atoms with Gasteiger partial charge in [0.2, 0.25) is 0 Å². The van der Waals surface area contributed by atoms with Crippen molar-refractivity contribution in [2.24, 2.45) is 34.5 Å². The van der Waals surface area contributed by atoms with Crippen LogP contribution < -0.4 is 0 Å². The highest BCUT2D eigenvalue weighted by molar-refractivity contribution is 5.18. The van der Waals surface area contributed by atoms with Crippen molar-refractivity contribution in [3.63, 3.8) is 0 Å². The maximum atomic E-state index is 11.9. The van der Waals surface area contributed by atoms with Gasteiger partial charge in [0.25, 0.3) is 0 Å². The summed E-state index contributed by atoms with van der Waals surface area (Å²) in [4.78, 5) is 0. The standard InChI is InChI=1S/C27H40O2/c1-25-14-11-21(28)18-20(25)8-9-22-23(25)12-15-26(2)24(22)13-17-27(26,29)16-10-19-6-4-3-5-7-19/h3-7,20-24,28-29H,8-18H2,1-2H3/t20-,21+,22+,23-,24-,25-,26-,27+/m0/s1. The third-order valence-electron chi connectivity index (χ3n) is 10.6. The van der Waals surface area contributed by atoms with E-state index in [1.54, 1.807) is 0 Å². The van der Waals surface area contributed by atoms with Crippen LogP contribution in [0.15, 0.2) is 30.3 Å². The highest BCUT2D eigenvalue weighted by Gasteiger charge is 2.64. The van der Waals surface area contributed by atoms with Gasteiger partial charge in [-0.25, -0.2) is 0 Å². The predicted octanol–water partition coefficient (Wildman–Crippen LogP) is 5.75. The summed E-state index contributed by atoms with van der Waals surface area (Å²) >= 11 is 0. The lowest BCUT2D eigenvalue weighted by atomic mass is 9.44. The van der Waals surface area contributed by atoms with Crippen LogP contribution >= 0.6 is 0 Å². The van der Waals surface area contributed by atoms with Crippen LogP contribution in [0.5, 0.6) is 0 Å². The predicted molar refractivity (Wildman–Crippen MR) is 117 cm³/mol. The first-order valence-corrected chi connectivity index (χ1v) is 12.3. The first-order valence-electron chi connectivity index (χ1n) is 12.3. The number of rotatable bonds is 3. The van der Waals surface area contributed by atoms with Crippen LogP contribution in [0.3, 0.4) is 0 Å². The first kappa shape index (κ1) is 20.1. The molecule has 4 aliphatic rings. The monoisotopic (exact) mass is 396 g/mol. The van der Waals surface area contributed by atoms with Gasteiger partial charge in [0.1, 0.15) is 0 Å². The Morgan fingerprint density at radius 3 is 2.45 bits per heavy atom. The topological polar surface area (TPSA) is 40.5 Å². The SMILES string of the molecule is C[C@]12CC[C@@H](O)C[C@@H]1CC[C@@H]1[C@@H]2CC[C@@]2(C)[C@H]1CC[C@]2(O)CCc1ccccc1. The van der Waals surface area contributed by atoms with Crippen LogP contribution in [0.1, 0.15) is 83.6 Å². The molecule has 2 nitrogen and oxygen atoms in total. The average molecular weight is 397 g/mol. The molecular weight excluding hydrogens is 356 g/mol. The fourth-order valence-electron chi connectivity index (χ4n) is 8.75. The molecule has 5 rings (SSSR count). The smallest absolute Gasteiger partial charge is 0.0707 e. The van der Waals surface area contributed by atoms with Gasteiger partial charge in [0, 0.05) is 0 Å². The quantitative estimate of drug-likeness (QED) is 0.682. The van der Waals surface area contributed by atoms with E-state index in [1.807, 2.05) is 0 Å². The largest absolute Gasteiger partial charge is 0.393 e. The fourth-order valence-corrected chi connectivity index (χ4v) is 8.75. The Hall–Kier alpha value is -0.860. The highest BCUT2D eigenvalue weighted by atomic mass is 16.3. The summed E-state index contributed by atoms with van der Waals surface area (Å²) in [6, 6.07) is 10.7. The molecule has 1 aromatic carbocycles. The van der Waals surface area contributed by atoms with Gasteiger partial charge in [-0.3, -0.25) is 0 Å². The van der Waals surface area contributed by atoms with Crippen molar-refractivity contribution >= 4 is 0 Å². The second-order valence-electron chi connectivity index (χ2n) is 11.6. The number of hydrogen-bond donors (Lipinski definition) is 2. The number of benzene rings is 1. The summed E-state index contributed by atoms with van der Waals surface area (Å²) in [6.07, 6.45) is 12.4. The fraction of sp³-hybridized carbons (Fsp3) is 0.778. The molecule has 0 aliphatic heterocycles. The molecule has 0 unspecified atom stereocenters. The van der Waals surface area contributed by atoms with E-state index in [0.717, 1.165) is 49.9 Å². The lowest BCUT2D eigenvalue weighted by Gasteiger charge is -2.61. The number of aliphatic hydroxyl groups excluding tert-OH is 1. The Morgan fingerprint density at radius 1 is 0.897 bits per heavy atom. The molecule has 4 saturated carbocycles. The summed E-state index contributed by atoms with van der Waals surface area (Å²) < 4.78 is 0. The molecule has 4 aliphatic carbocycles. The molecule has 0 radical (unpaired) electrons. The summed E-state index contributed by atoms with van der Waals surface area (Å²) in [5.41, 5.74) is 1.36. The van der Waals surface area contributed by atoms with Crippen LogP contribution in [0.2, 0.25) is 0 Å². The van der Waals surface area contributed by atoms with Crippen molar-refractivity contribution in [2.75, 3.05) is 0 Å². The summed E-state index contributed by atoms with van der Waals surface area (Å²) in [6.45, 7) is 4.99. The van der Waals surface area contributed by atoms with E-state index in [9.17, 15) is 10.2 Å². The lowest BCUT2D eigenvalue weighted by Crippen LogP contribution is -2.56. The molecule has 0 spiro atoms. The van der Waals surface area contributed by atoms with E-state index in [4.69, 9.17) is 0 Å². The minimum atomic E-state index is -0.501. The average Bonchev–Trinajstić information content (AvgIpc) is 2.99. The van der Waals surface area contributed by atoms with Gasteiger partial charge in [-0.05, 0) is 111 Å². The first-order chi connectivity index (χ1) is 13.9. The Kier molecular flexibility index (Phi) is 4.91. The Balaban J connectivity index is 1.35. The van der Waals surface area contributed by atoms with E-state index in [1.165, 1.54) is 44.1 Å². The molecule has 1 aromatic rings. The van der Waals surface area contributed by atoms with E-state index in [0.29, 0.717) is 11.3 Å². The van der Waals surface area contributed by atoms with Crippen molar-refractivity contribution in [1.82, 2.24) is 0 Å². The molecule has 0 bridgehead atoms. The van der Waals surface area contributed by atoms with Crippen molar-refractivity contribution in [3.05, 3.63) is 35.9 Å². The molecule has 8 atom stereocenters. The number of aliphatic hydroxyl groups is 2. The van der Waals surface area contributed by atoms with Gasteiger partial charge in [-0.2, -0.15) is 0 Å². The van der Waals surface area contributed by atoms with E-state index >= 15 is 0 Å². The summed E-state index contributed by atoms with van der Waals surface area (Å²) in [5, 5.41) is 22.1. The zero-order valence-electron chi connectivity index (χ0n) is 18.4. The van der Waals surface area contributed by atoms with Crippen LogP contribution in [0, 0.1) is 34.5 Å². The van der Waals surface area contributed by atoms with Crippen LogP contribution in [0.25, 0.3) is 0 Å². The van der Waals surface area contributed by atoms with Gasteiger partial charge in [0.05, 0.1) is 11.7 Å². The molecule has 2 N–H and O–H groups in total. The van der Waals surface area contributed by atoms with E-state index in [2.05, 4.69) is 44.2 Å². The maximum Gasteiger partial charge on any atom is 0.0707 e. The normalized spacial score (nSPS) is 49.2. The van der Waals surface area contributed by atoms with Gasteiger partial charge < -0.3 is 10.2 Å². The molecule has 2 heteroatoms. The molecule has 0 amide bonds. The van der Waals surface area contributed by atoms with Gasteiger partial charge in [0.15, 0.2) is 0 Å². The van der Waals surface area contributed by atoms with Crippen molar-refractivity contribution in [3.8, 4) is 0 Å². The second kappa shape index (κ2) is 7.09. The third-order valence-corrected chi connectivity index (χ3v) is 10.6. The van der Waals surface area contributed by atoms with Gasteiger partial charge in [-0.15, -0.1) is 0 Å². The molecule has 0 saturated heterocycles. The van der Waals surface area contributed by atoms with Gasteiger partial charge in [-0.1, -0.05) is 44.2 Å².